The van der Waals surface area contributed by atoms with Crippen molar-refractivity contribution in [2.75, 3.05) is 0 Å². The van der Waals surface area contributed by atoms with Gasteiger partial charge in [0.05, 0.1) is 18.0 Å². The second kappa shape index (κ2) is 8.07. The Kier molecular flexibility index (Phi) is 6.63. The molecule has 3 nitrogen and oxygen atoms in total. The molecule has 0 aliphatic heterocycles. The average molecular weight is 236 g/mol. The van der Waals surface area contributed by atoms with Gasteiger partial charge < -0.3 is 10.5 Å². The lowest BCUT2D eigenvalue weighted by Gasteiger charge is -2.14. The highest BCUT2D eigenvalue weighted by atomic mass is 16.5. The molecule has 1 rings (SSSR count). The molecule has 0 bridgehead atoms. The summed E-state index contributed by atoms with van der Waals surface area (Å²) in [5, 5.41) is 0. The lowest BCUT2D eigenvalue weighted by atomic mass is 10.1. The van der Waals surface area contributed by atoms with Gasteiger partial charge in [-0.05, 0) is 31.9 Å². The van der Waals surface area contributed by atoms with E-state index >= 15 is 0 Å². The Hall–Kier alpha value is -1.09. The van der Waals surface area contributed by atoms with Crippen LogP contribution in [0.3, 0.4) is 0 Å². The fraction of sp³-hybridized carbons (Fsp3) is 0.643. The van der Waals surface area contributed by atoms with Crippen molar-refractivity contribution in [2.24, 2.45) is 5.73 Å². The molecule has 0 aliphatic carbocycles. The Balaban J connectivity index is 2.26. The smallest absolute Gasteiger partial charge is 0.138 e. The van der Waals surface area contributed by atoms with E-state index in [1.165, 1.54) is 25.7 Å². The summed E-state index contributed by atoms with van der Waals surface area (Å²) < 4.78 is 5.79. The first kappa shape index (κ1) is 14.0. The second-order valence-electron chi connectivity index (χ2n) is 4.47. The Labute approximate surface area is 104 Å². The van der Waals surface area contributed by atoms with Crippen LogP contribution in [0, 0.1) is 0 Å². The molecule has 0 fully saturated rings. The Morgan fingerprint density at radius 1 is 1.29 bits per heavy atom. The van der Waals surface area contributed by atoms with Crippen molar-refractivity contribution in [2.45, 2.75) is 58.6 Å². The summed E-state index contributed by atoms with van der Waals surface area (Å²) in [6.07, 6.45) is 8.26. The van der Waals surface area contributed by atoms with Gasteiger partial charge >= 0.3 is 0 Å². The predicted molar refractivity (Wildman–Crippen MR) is 71.0 cm³/mol. The number of aromatic nitrogens is 1. The van der Waals surface area contributed by atoms with Crippen molar-refractivity contribution in [3.05, 3.63) is 24.0 Å². The third-order valence-electron chi connectivity index (χ3n) is 2.81. The number of ether oxygens (including phenoxy) is 1. The molecule has 96 valence electrons. The lowest BCUT2D eigenvalue weighted by molar-refractivity contribution is 0.205. The number of hydrogen-bond donors (Lipinski definition) is 1. The molecule has 17 heavy (non-hydrogen) atoms. The van der Waals surface area contributed by atoms with E-state index in [-0.39, 0.29) is 6.10 Å². The van der Waals surface area contributed by atoms with Gasteiger partial charge in [0.15, 0.2) is 0 Å². The number of hydrogen-bond acceptors (Lipinski definition) is 3. The summed E-state index contributed by atoms with van der Waals surface area (Å²) in [6.45, 7) is 4.82. The molecule has 2 N–H and O–H groups in total. The second-order valence-corrected chi connectivity index (χ2v) is 4.47. The van der Waals surface area contributed by atoms with E-state index in [9.17, 15) is 0 Å². The minimum Gasteiger partial charge on any atom is -0.489 e. The van der Waals surface area contributed by atoms with Gasteiger partial charge in [-0.3, -0.25) is 4.98 Å². The van der Waals surface area contributed by atoms with E-state index in [1.54, 1.807) is 6.20 Å². The van der Waals surface area contributed by atoms with Gasteiger partial charge in [0.1, 0.15) is 5.75 Å². The molecule has 0 aliphatic rings. The molecular formula is C14H24N2O. The molecule has 1 heterocycles. The summed E-state index contributed by atoms with van der Waals surface area (Å²) in [6, 6.07) is 3.86. The maximum absolute atomic E-state index is 5.79. The van der Waals surface area contributed by atoms with E-state index in [1.807, 2.05) is 12.1 Å². The summed E-state index contributed by atoms with van der Waals surface area (Å²) in [5.41, 5.74) is 6.39. The van der Waals surface area contributed by atoms with Crippen LogP contribution in [-0.2, 0) is 6.54 Å². The lowest BCUT2D eigenvalue weighted by Crippen LogP contribution is -2.12. The summed E-state index contributed by atoms with van der Waals surface area (Å²) in [4.78, 5) is 4.21. The van der Waals surface area contributed by atoms with Crippen molar-refractivity contribution >= 4 is 0 Å². The summed E-state index contributed by atoms with van der Waals surface area (Å²) >= 11 is 0. The minimum absolute atomic E-state index is 0.261. The molecule has 0 saturated carbocycles. The predicted octanol–water partition coefficient (Wildman–Crippen LogP) is 3.28. The van der Waals surface area contributed by atoms with Gasteiger partial charge in [-0.15, -0.1) is 0 Å². The molecule has 0 aromatic carbocycles. The van der Waals surface area contributed by atoms with Crippen LogP contribution in [0.1, 0.15) is 51.6 Å². The van der Waals surface area contributed by atoms with Gasteiger partial charge in [-0.2, -0.15) is 0 Å². The third kappa shape index (κ3) is 5.68. The number of nitrogens with zero attached hydrogens (tertiary/aromatic N) is 1. The molecule has 3 heteroatoms. The zero-order valence-corrected chi connectivity index (χ0v) is 11.0. The number of unbranched alkanes of at least 4 members (excludes halogenated alkanes) is 3. The Morgan fingerprint density at radius 2 is 2.12 bits per heavy atom. The fourth-order valence-electron chi connectivity index (χ4n) is 1.75. The topological polar surface area (TPSA) is 48.1 Å². The normalized spacial score (nSPS) is 12.4. The van der Waals surface area contributed by atoms with Crippen molar-refractivity contribution in [1.82, 2.24) is 4.98 Å². The number of nitrogens with two attached hydrogens (primary N) is 1. The van der Waals surface area contributed by atoms with E-state index in [2.05, 4.69) is 18.8 Å². The molecule has 1 aromatic rings. The van der Waals surface area contributed by atoms with Crippen LogP contribution >= 0.6 is 0 Å². The summed E-state index contributed by atoms with van der Waals surface area (Å²) in [5.74, 6) is 0.838. The van der Waals surface area contributed by atoms with Gasteiger partial charge in [0.2, 0.25) is 0 Å². The van der Waals surface area contributed by atoms with Crippen LogP contribution in [0.25, 0.3) is 0 Å². The van der Waals surface area contributed by atoms with Gasteiger partial charge in [0.25, 0.3) is 0 Å². The Bertz CT molecular complexity index is 298. The molecule has 0 saturated heterocycles. The first-order valence-electron chi connectivity index (χ1n) is 6.58. The van der Waals surface area contributed by atoms with E-state index < -0.39 is 0 Å². The maximum Gasteiger partial charge on any atom is 0.138 e. The van der Waals surface area contributed by atoms with Crippen molar-refractivity contribution in [3.63, 3.8) is 0 Å². The van der Waals surface area contributed by atoms with Crippen molar-refractivity contribution < 1.29 is 4.74 Å². The van der Waals surface area contributed by atoms with E-state index in [0.29, 0.717) is 6.54 Å². The first-order chi connectivity index (χ1) is 8.26. The maximum atomic E-state index is 5.79. The van der Waals surface area contributed by atoms with Crippen LogP contribution < -0.4 is 10.5 Å². The fourth-order valence-corrected chi connectivity index (χ4v) is 1.75. The van der Waals surface area contributed by atoms with E-state index in [0.717, 1.165) is 17.9 Å². The molecule has 1 aromatic heterocycles. The van der Waals surface area contributed by atoms with Crippen LogP contribution in [0.4, 0.5) is 0 Å². The van der Waals surface area contributed by atoms with E-state index in [4.69, 9.17) is 10.5 Å². The molecular weight excluding hydrogens is 212 g/mol. The molecule has 1 unspecified atom stereocenters. The highest BCUT2D eigenvalue weighted by Gasteiger charge is 2.04. The van der Waals surface area contributed by atoms with Crippen LogP contribution in [0.15, 0.2) is 18.3 Å². The Morgan fingerprint density at radius 3 is 2.71 bits per heavy atom. The highest BCUT2D eigenvalue weighted by Crippen LogP contribution is 2.14. The first-order valence-corrected chi connectivity index (χ1v) is 6.58. The molecule has 0 radical (unpaired) electrons. The van der Waals surface area contributed by atoms with Crippen LogP contribution in [0.5, 0.6) is 5.75 Å². The third-order valence-corrected chi connectivity index (χ3v) is 2.81. The zero-order valence-electron chi connectivity index (χ0n) is 11.0. The number of rotatable bonds is 8. The minimum atomic E-state index is 0.261. The standard InChI is InChI=1S/C14H24N2O/c1-3-4-5-6-7-12(2)17-14-9-8-13(10-15)16-11-14/h8-9,11-12H,3-7,10,15H2,1-2H3. The van der Waals surface area contributed by atoms with Gasteiger partial charge in [0, 0.05) is 6.54 Å². The average Bonchev–Trinajstić information content (AvgIpc) is 2.36. The molecule has 1 atom stereocenters. The van der Waals surface area contributed by atoms with Crippen molar-refractivity contribution in [3.8, 4) is 5.75 Å². The number of pyridine rings is 1. The van der Waals surface area contributed by atoms with Gasteiger partial charge in [-0.25, -0.2) is 0 Å². The monoisotopic (exact) mass is 236 g/mol. The van der Waals surface area contributed by atoms with Crippen LogP contribution in [-0.4, -0.2) is 11.1 Å². The molecule has 0 spiro atoms. The van der Waals surface area contributed by atoms with Crippen molar-refractivity contribution in [1.29, 1.82) is 0 Å². The zero-order chi connectivity index (χ0) is 12.5. The molecule has 0 amide bonds. The van der Waals surface area contributed by atoms with Crippen LogP contribution in [0.2, 0.25) is 0 Å². The quantitative estimate of drug-likeness (QED) is 0.705. The van der Waals surface area contributed by atoms with Gasteiger partial charge in [-0.1, -0.05) is 26.2 Å². The SMILES string of the molecule is CCCCCCC(C)Oc1ccc(CN)nc1. The highest BCUT2D eigenvalue weighted by molar-refractivity contribution is 5.19. The largest absolute Gasteiger partial charge is 0.489 e. The summed E-state index contributed by atoms with van der Waals surface area (Å²) in [7, 11) is 0.